The molecule has 1 aromatic carbocycles. The van der Waals surface area contributed by atoms with Gasteiger partial charge in [0, 0.05) is 30.9 Å². The molecule has 0 aliphatic rings. The van der Waals surface area contributed by atoms with E-state index in [1.807, 2.05) is 23.2 Å². The van der Waals surface area contributed by atoms with Crippen LogP contribution in [0, 0.1) is 11.7 Å². The Labute approximate surface area is 162 Å². The average Bonchev–Trinajstić information content (AvgIpc) is 3.10. The summed E-state index contributed by atoms with van der Waals surface area (Å²) < 4.78 is 15.2. The molecule has 4 heteroatoms. The summed E-state index contributed by atoms with van der Waals surface area (Å²) in [7, 11) is 0. The number of nitrogens with zero attached hydrogens (tertiary/aromatic N) is 2. The van der Waals surface area contributed by atoms with Gasteiger partial charge in [-0.2, -0.15) is 0 Å². The largest absolute Gasteiger partial charge is 0.345 e. The van der Waals surface area contributed by atoms with Crippen LogP contribution in [0.3, 0.4) is 0 Å². The Balaban J connectivity index is 2.12. The molecule has 146 valence electrons. The van der Waals surface area contributed by atoms with E-state index in [1.54, 1.807) is 18.2 Å². The van der Waals surface area contributed by atoms with Gasteiger partial charge in [0.2, 0.25) is 5.91 Å². The number of carbonyl (C=O) groups excluding carboxylic acids is 1. The third kappa shape index (κ3) is 6.09. The summed E-state index contributed by atoms with van der Waals surface area (Å²) in [6.07, 6.45) is 7.78. The molecule has 2 aromatic rings. The third-order valence-electron chi connectivity index (χ3n) is 4.95. The molecule has 2 rings (SSSR count). The summed E-state index contributed by atoms with van der Waals surface area (Å²) in [5, 5.41) is 0. The van der Waals surface area contributed by atoms with E-state index in [0.717, 1.165) is 36.9 Å². The van der Waals surface area contributed by atoms with Gasteiger partial charge in [0.1, 0.15) is 5.82 Å². The van der Waals surface area contributed by atoms with Crippen LogP contribution in [0.2, 0.25) is 0 Å². The van der Waals surface area contributed by atoms with Gasteiger partial charge in [0.25, 0.3) is 0 Å². The second-order valence-corrected chi connectivity index (χ2v) is 7.01. The number of hydrogen-bond acceptors (Lipinski definition) is 1. The maximum Gasteiger partial charge on any atom is 0.226 e. The van der Waals surface area contributed by atoms with Crippen LogP contribution in [0.15, 0.2) is 55.3 Å². The summed E-state index contributed by atoms with van der Waals surface area (Å²) in [5.74, 6) is 0.0534. The van der Waals surface area contributed by atoms with Gasteiger partial charge < -0.3 is 9.47 Å². The molecule has 0 spiro atoms. The van der Waals surface area contributed by atoms with Crippen LogP contribution in [-0.4, -0.2) is 21.9 Å². The minimum absolute atomic E-state index is 0.0745. The number of rotatable bonds is 11. The highest BCUT2D eigenvalue weighted by Gasteiger charge is 2.22. The molecular weight excluding hydrogens is 339 g/mol. The summed E-state index contributed by atoms with van der Waals surface area (Å²) in [6, 6.07) is 10.6. The van der Waals surface area contributed by atoms with E-state index in [0.29, 0.717) is 19.6 Å². The Bertz CT molecular complexity index is 720. The van der Waals surface area contributed by atoms with E-state index >= 15 is 0 Å². The Hall–Kier alpha value is -2.36. The average molecular weight is 371 g/mol. The fourth-order valence-electron chi connectivity index (χ4n) is 3.33. The molecule has 1 atom stereocenters. The first kappa shape index (κ1) is 20.9. The molecule has 0 aliphatic carbocycles. The Morgan fingerprint density at radius 3 is 2.63 bits per heavy atom. The Kier molecular flexibility index (Phi) is 8.31. The molecule has 27 heavy (non-hydrogen) atoms. The van der Waals surface area contributed by atoms with Gasteiger partial charge in [-0.05, 0) is 42.7 Å². The first-order valence-electron chi connectivity index (χ1n) is 9.87. The Morgan fingerprint density at radius 1 is 1.26 bits per heavy atom. The van der Waals surface area contributed by atoms with E-state index in [2.05, 4.69) is 25.0 Å². The molecule has 0 radical (unpaired) electrons. The van der Waals surface area contributed by atoms with Crippen LogP contribution in [0.5, 0.6) is 0 Å². The van der Waals surface area contributed by atoms with E-state index in [-0.39, 0.29) is 17.6 Å². The smallest absolute Gasteiger partial charge is 0.226 e. The van der Waals surface area contributed by atoms with Crippen LogP contribution in [0.1, 0.15) is 50.8 Å². The molecule has 0 fully saturated rings. The lowest BCUT2D eigenvalue weighted by molar-refractivity contribution is -0.136. The van der Waals surface area contributed by atoms with Crippen LogP contribution in [0.4, 0.5) is 4.39 Å². The number of benzene rings is 1. The molecule has 0 unspecified atom stereocenters. The minimum atomic E-state index is -0.230. The second kappa shape index (κ2) is 10.7. The van der Waals surface area contributed by atoms with Gasteiger partial charge in [-0.15, -0.1) is 6.58 Å². The van der Waals surface area contributed by atoms with E-state index in [9.17, 15) is 9.18 Å². The normalized spacial score (nSPS) is 12.0. The van der Waals surface area contributed by atoms with Crippen molar-refractivity contribution in [3.8, 4) is 0 Å². The summed E-state index contributed by atoms with van der Waals surface area (Å²) in [5.41, 5.74) is 2.10. The van der Waals surface area contributed by atoms with E-state index < -0.39 is 0 Å². The molecule has 1 amide bonds. The van der Waals surface area contributed by atoms with Crippen LogP contribution in [0.25, 0.3) is 0 Å². The summed E-state index contributed by atoms with van der Waals surface area (Å²) in [6.45, 7) is 9.82. The number of unbranched alkanes of at least 4 members (excludes halogenated alkanes) is 1. The third-order valence-corrected chi connectivity index (χ3v) is 4.95. The number of carbonyl (C=O) groups is 1. The maximum absolute atomic E-state index is 13.1. The summed E-state index contributed by atoms with van der Waals surface area (Å²) >= 11 is 0. The van der Waals surface area contributed by atoms with Crippen molar-refractivity contribution in [2.75, 3.05) is 6.54 Å². The number of amides is 1. The highest BCUT2D eigenvalue weighted by molar-refractivity contribution is 5.78. The van der Waals surface area contributed by atoms with Crippen molar-refractivity contribution in [3.63, 3.8) is 0 Å². The zero-order valence-corrected chi connectivity index (χ0v) is 16.5. The van der Waals surface area contributed by atoms with Gasteiger partial charge >= 0.3 is 0 Å². The van der Waals surface area contributed by atoms with Crippen LogP contribution < -0.4 is 0 Å². The minimum Gasteiger partial charge on any atom is -0.345 e. The van der Waals surface area contributed by atoms with Crippen LogP contribution in [-0.2, 0) is 17.9 Å². The van der Waals surface area contributed by atoms with Gasteiger partial charge in [-0.3, -0.25) is 4.79 Å². The molecule has 0 saturated carbocycles. The van der Waals surface area contributed by atoms with Gasteiger partial charge in [0.05, 0.1) is 6.54 Å². The predicted molar refractivity (Wildman–Crippen MR) is 109 cm³/mol. The van der Waals surface area contributed by atoms with Crippen molar-refractivity contribution in [2.45, 2.75) is 52.6 Å². The molecular formula is C23H31FN2O. The molecule has 0 bridgehead atoms. The highest BCUT2D eigenvalue weighted by Crippen LogP contribution is 2.19. The lowest BCUT2D eigenvalue weighted by atomic mass is 9.97. The van der Waals surface area contributed by atoms with Gasteiger partial charge in [-0.1, -0.05) is 44.9 Å². The monoisotopic (exact) mass is 370 g/mol. The van der Waals surface area contributed by atoms with Gasteiger partial charge in [0.15, 0.2) is 0 Å². The first-order valence-corrected chi connectivity index (χ1v) is 9.87. The first-order chi connectivity index (χ1) is 13.1. The second-order valence-electron chi connectivity index (χ2n) is 7.01. The van der Waals surface area contributed by atoms with Crippen molar-refractivity contribution in [2.24, 2.45) is 5.92 Å². The number of aromatic nitrogens is 1. The summed E-state index contributed by atoms with van der Waals surface area (Å²) in [4.78, 5) is 14.9. The lowest BCUT2D eigenvalue weighted by Crippen LogP contribution is -2.36. The molecule has 3 nitrogen and oxygen atoms in total. The van der Waals surface area contributed by atoms with E-state index in [4.69, 9.17) is 0 Å². The lowest BCUT2D eigenvalue weighted by Gasteiger charge is -2.26. The standard InChI is InChI=1S/C23H31FN2O/c1-4-7-9-20(6-3)23(27)26(15-5-2)18-22-10-8-16-25(22)17-19-11-13-21(24)14-12-19/h5,8,10-14,16,20H,2,4,6-7,9,15,17-18H2,1,3H3/t20-/m1/s1. The highest BCUT2D eigenvalue weighted by atomic mass is 19.1. The van der Waals surface area contributed by atoms with E-state index in [1.165, 1.54) is 12.1 Å². The van der Waals surface area contributed by atoms with Crippen molar-refractivity contribution in [1.29, 1.82) is 0 Å². The molecule has 0 N–H and O–H groups in total. The maximum atomic E-state index is 13.1. The zero-order chi connectivity index (χ0) is 19.6. The SMILES string of the molecule is C=CCN(Cc1cccn1Cc1ccc(F)cc1)C(=O)[C@H](CC)CCCC. The van der Waals surface area contributed by atoms with Crippen molar-refractivity contribution >= 4 is 5.91 Å². The molecule has 1 heterocycles. The number of halogens is 1. The van der Waals surface area contributed by atoms with Gasteiger partial charge in [-0.25, -0.2) is 4.39 Å². The fraction of sp³-hybridized carbons (Fsp3) is 0.435. The topological polar surface area (TPSA) is 25.2 Å². The molecule has 1 aromatic heterocycles. The quantitative estimate of drug-likeness (QED) is 0.486. The predicted octanol–water partition coefficient (Wildman–Crippen LogP) is 5.41. The molecule has 0 saturated heterocycles. The van der Waals surface area contributed by atoms with Crippen molar-refractivity contribution in [3.05, 3.63) is 72.3 Å². The Morgan fingerprint density at radius 2 is 2.00 bits per heavy atom. The number of hydrogen-bond donors (Lipinski definition) is 0. The van der Waals surface area contributed by atoms with Crippen molar-refractivity contribution < 1.29 is 9.18 Å². The van der Waals surface area contributed by atoms with Crippen LogP contribution >= 0.6 is 0 Å². The fourth-order valence-corrected chi connectivity index (χ4v) is 3.33. The van der Waals surface area contributed by atoms with Crippen molar-refractivity contribution in [1.82, 2.24) is 9.47 Å². The molecule has 0 aliphatic heterocycles. The zero-order valence-electron chi connectivity index (χ0n) is 16.5.